The lowest BCUT2D eigenvalue weighted by Crippen LogP contribution is -2.38. The number of nitrogens with zero attached hydrogens (tertiary/aromatic N) is 1. The fraction of sp³-hybridized carbons (Fsp3) is 0.471. The first-order valence-electron chi connectivity index (χ1n) is 8.52. The number of carbonyl (C=O) groups excluding carboxylic acids is 1. The fourth-order valence-corrected chi connectivity index (χ4v) is 3.66. The molecule has 3 heterocycles. The second kappa shape index (κ2) is 9.05. The Morgan fingerprint density at radius 2 is 1.86 bits per heavy atom. The summed E-state index contributed by atoms with van der Waals surface area (Å²) in [5.74, 6) is 1.18. The van der Waals surface area contributed by atoms with Gasteiger partial charge in [-0.15, -0.1) is 11.3 Å². The predicted molar refractivity (Wildman–Crippen MR) is 103 cm³/mol. The maximum Gasteiger partial charge on any atom is 0.348 e. The Kier molecular flexibility index (Phi) is 6.73. The molecule has 1 saturated heterocycles. The number of esters is 1. The third-order valence-corrected chi connectivity index (χ3v) is 5.03. The molecule has 2 aliphatic heterocycles. The van der Waals surface area contributed by atoms with Crippen molar-refractivity contribution in [1.82, 2.24) is 4.90 Å². The molecule has 0 aliphatic carbocycles. The summed E-state index contributed by atoms with van der Waals surface area (Å²) in [6, 6.07) is 5.66. The van der Waals surface area contributed by atoms with Gasteiger partial charge in [0.2, 0.25) is 6.79 Å². The van der Waals surface area contributed by atoms with Crippen molar-refractivity contribution >= 4 is 37.5 Å². The highest BCUT2D eigenvalue weighted by Gasteiger charge is 2.18. The van der Waals surface area contributed by atoms with Gasteiger partial charge in [0, 0.05) is 30.4 Å². The van der Waals surface area contributed by atoms with Crippen LogP contribution in [0.3, 0.4) is 0 Å². The van der Waals surface area contributed by atoms with Crippen LogP contribution in [0.5, 0.6) is 11.5 Å². The normalized spacial score (nSPS) is 16.5. The number of benzene rings is 1. The van der Waals surface area contributed by atoms with Crippen LogP contribution in [0.2, 0.25) is 0 Å². The molecular weight excluding hydrogens is 410 g/mol. The van der Waals surface area contributed by atoms with E-state index in [1.54, 1.807) is 0 Å². The summed E-state index contributed by atoms with van der Waals surface area (Å²) in [7, 11) is -3.67. The third-order valence-electron chi connectivity index (χ3n) is 3.96. The van der Waals surface area contributed by atoms with Gasteiger partial charge in [-0.3, -0.25) is 9.45 Å². The van der Waals surface area contributed by atoms with E-state index in [9.17, 15) is 13.2 Å². The number of carbonyl (C=O) groups is 1. The minimum absolute atomic E-state index is 0.253. The van der Waals surface area contributed by atoms with Crippen molar-refractivity contribution < 1.29 is 36.7 Å². The average molecular weight is 431 g/mol. The van der Waals surface area contributed by atoms with Gasteiger partial charge in [-0.25, -0.2) is 4.79 Å². The first-order valence-corrected chi connectivity index (χ1v) is 11.2. The number of morpholine rings is 1. The molecule has 154 valence electrons. The Hall–Kier alpha value is -1.92. The molecule has 0 spiro atoms. The summed E-state index contributed by atoms with van der Waals surface area (Å²) in [6.45, 7) is 4.69. The quantitative estimate of drug-likeness (QED) is 0.570. The lowest BCUT2D eigenvalue weighted by atomic mass is 10.2. The molecule has 1 aromatic heterocycles. The summed E-state index contributed by atoms with van der Waals surface area (Å²) >= 11 is 1.41. The van der Waals surface area contributed by atoms with E-state index in [4.69, 9.17) is 23.5 Å². The summed E-state index contributed by atoms with van der Waals surface area (Å²) in [4.78, 5) is 15.0. The zero-order chi connectivity index (χ0) is 20.1. The van der Waals surface area contributed by atoms with Gasteiger partial charge in [0.25, 0.3) is 10.1 Å². The molecular formula is C17H21NO8S2. The summed E-state index contributed by atoms with van der Waals surface area (Å²) in [5.41, 5.74) is 0. The van der Waals surface area contributed by atoms with E-state index in [2.05, 4.69) is 4.90 Å². The predicted octanol–water partition coefficient (Wildman–Crippen LogP) is 1.62. The van der Waals surface area contributed by atoms with Crippen LogP contribution >= 0.6 is 11.3 Å². The Morgan fingerprint density at radius 3 is 2.54 bits per heavy atom. The van der Waals surface area contributed by atoms with Crippen molar-refractivity contribution in [2.75, 3.05) is 52.5 Å². The van der Waals surface area contributed by atoms with Crippen LogP contribution in [0, 0.1) is 0 Å². The molecule has 1 aromatic carbocycles. The van der Waals surface area contributed by atoms with Crippen molar-refractivity contribution in [3.05, 3.63) is 23.1 Å². The smallest absolute Gasteiger partial charge is 0.348 e. The van der Waals surface area contributed by atoms with E-state index >= 15 is 0 Å². The van der Waals surface area contributed by atoms with Crippen molar-refractivity contribution in [2.24, 2.45) is 0 Å². The molecule has 0 amide bonds. The Balaban J connectivity index is 0.000000403. The summed E-state index contributed by atoms with van der Waals surface area (Å²) in [5, 5.41) is 0.972. The van der Waals surface area contributed by atoms with Crippen molar-refractivity contribution in [3.63, 3.8) is 0 Å². The van der Waals surface area contributed by atoms with Crippen LogP contribution in [-0.2, 0) is 19.6 Å². The number of hydrogen-bond donors (Lipinski definition) is 1. The second-order valence-corrected chi connectivity index (χ2v) is 8.73. The first kappa shape index (κ1) is 20.8. The zero-order valence-electron chi connectivity index (χ0n) is 15.3. The van der Waals surface area contributed by atoms with E-state index in [0.29, 0.717) is 17.7 Å². The van der Waals surface area contributed by atoms with Gasteiger partial charge < -0.3 is 18.9 Å². The van der Waals surface area contributed by atoms with Gasteiger partial charge >= 0.3 is 5.97 Å². The lowest BCUT2D eigenvalue weighted by molar-refractivity contribution is 0.0197. The molecule has 0 unspecified atom stereocenters. The molecule has 28 heavy (non-hydrogen) atoms. The maximum absolute atomic E-state index is 12.2. The number of ether oxygens (including phenoxy) is 4. The first-order chi connectivity index (χ1) is 13.3. The highest BCUT2D eigenvalue weighted by atomic mass is 32.2. The topological polar surface area (TPSA) is 112 Å². The van der Waals surface area contributed by atoms with Crippen molar-refractivity contribution in [2.45, 2.75) is 0 Å². The van der Waals surface area contributed by atoms with E-state index in [1.807, 2.05) is 18.2 Å². The van der Waals surface area contributed by atoms with Gasteiger partial charge in [0.05, 0.1) is 19.5 Å². The van der Waals surface area contributed by atoms with Gasteiger partial charge in [-0.1, -0.05) is 0 Å². The summed E-state index contributed by atoms with van der Waals surface area (Å²) in [6.07, 6.45) is 0.715. The van der Waals surface area contributed by atoms with E-state index in [1.165, 1.54) is 11.3 Å². The Labute approximate surface area is 166 Å². The van der Waals surface area contributed by atoms with Gasteiger partial charge in [0.1, 0.15) is 11.5 Å². The standard InChI is InChI=1S/C16H17NO5S.CH4O3S/c18-16(20-6-3-17-1-4-19-5-2-17)15-8-11-7-12-13(22-10-21-12)9-14(11)23-15;1-5(2,3)4/h7-9H,1-6,10H2;1H3,(H,2,3,4). The SMILES string of the molecule is CS(=O)(=O)O.O=C(OCCN1CCOCC1)c1cc2cc3c(cc2s1)OCO3. The third kappa shape index (κ3) is 6.04. The van der Waals surface area contributed by atoms with Crippen LogP contribution < -0.4 is 9.47 Å². The van der Waals surface area contributed by atoms with Gasteiger partial charge in [0.15, 0.2) is 11.5 Å². The Morgan fingerprint density at radius 1 is 1.21 bits per heavy atom. The fourth-order valence-electron chi connectivity index (χ4n) is 2.69. The Bertz CT molecular complexity index is 885. The second-order valence-electron chi connectivity index (χ2n) is 6.18. The van der Waals surface area contributed by atoms with Gasteiger partial charge in [-0.2, -0.15) is 8.42 Å². The molecule has 0 radical (unpaired) electrons. The number of rotatable bonds is 4. The highest BCUT2D eigenvalue weighted by Crippen LogP contribution is 2.39. The minimum Gasteiger partial charge on any atom is -0.460 e. The average Bonchev–Trinajstić information content (AvgIpc) is 3.24. The van der Waals surface area contributed by atoms with Crippen LogP contribution in [0.4, 0.5) is 0 Å². The number of hydrogen-bond acceptors (Lipinski definition) is 9. The van der Waals surface area contributed by atoms with Crippen LogP contribution in [0.25, 0.3) is 10.1 Å². The number of thiophene rings is 1. The van der Waals surface area contributed by atoms with Crippen LogP contribution in [0.15, 0.2) is 18.2 Å². The molecule has 1 fully saturated rings. The molecule has 2 aromatic rings. The van der Waals surface area contributed by atoms with Crippen LogP contribution in [-0.4, -0.2) is 76.3 Å². The number of fused-ring (bicyclic) bond motifs is 2. The zero-order valence-corrected chi connectivity index (χ0v) is 16.9. The van der Waals surface area contributed by atoms with Crippen molar-refractivity contribution in [1.29, 1.82) is 0 Å². The minimum atomic E-state index is -3.67. The molecule has 0 bridgehead atoms. The molecule has 11 heteroatoms. The molecule has 1 N–H and O–H groups in total. The summed E-state index contributed by atoms with van der Waals surface area (Å²) < 4.78 is 48.3. The lowest BCUT2D eigenvalue weighted by Gasteiger charge is -2.26. The molecule has 0 saturated carbocycles. The molecule has 2 aliphatic rings. The molecule has 4 rings (SSSR count). The molecule has 9 nitrogen and oxygen atoms in total. The van der Waals surface area contributed by atoms with Crippen molar-refractivity contribution in [3.8, 4) is 11.5 Å². The van der Waals surface area contributed by atoms with E-state index in [0.717, 1.165) is 54.4 Å². The van der Waals surface area contributed by atoms with E-state index < -0.39 is 10.1 Å². The molecule has 0 atom stereocenters. The van der Waals surface area contributed by atoms with Crippen LogP contribution in [0.1, 0.15) is 9.67 Å². The van der Waals surface area contributed by atoms with Gasteiger partial charge in [-0.05, 0) is 17.5 Å². The maximum atomic E-state index is 12.2. The highest BCUT2D eigenvalue weighted by molar-refractivity contribution is 7.85. The largest absolute Gasteiger partial charge is 0.460 e. The van der Waals surface area contributed by atoms with E-state index in [-0.39, 0.29) is 12.8 Å². The monoisotopic (exact) mass is 431 g/mol.